The molecule has 0 aromatic heterocycles. The van der Waals surface area contributed by atoms with Gasteiger partial charge in [-0.15, -0.1) is 6.58 Å². The maximum Gasteiger partial charge on any atom is 0.407 e. The van der Waals surface area contributed by atoms with Gasteiger partial charge in [-0.05, 0) is 35.1 Å². The van der Waals surface area contributed by atoms with E-state index in [0.29, 0.717) is 6.42 Å². The minimum Gasteiger partial charge on any atom is -0.481 e. The SMILES string of the molecule is C=CCC(NC(=O)OCC1c2ccccc2-c2ccccc21)C(=O)NC(CC)CC(=O)O. The average molecular weight is 437 g/mol. The fourth-order valence-electron chi connectivity index (χ4n) is 3.99. The molecule has 1 aliphatic carbocycles. The van der Waals surface area contributed by atoms with E-state index in [1.807, 2.05) is 36.4 Å². The quantitative estimate of drug-likeness (QED) is 0.491. The highest BCUT2D eigenvalue weighted by molar-refractivity contribution is 5.86. The van der Waals surface area contributed by atoms with Gasteiger partial charge in [0.25, 0.3) is 0 Å². The van der Waals surface area contributed by atoms with E-state index < -0.39 is 30.1 Å². The smallest absolute Gasteiger partial charge is 0.407 e. The van der Waals surface area contributed by atoms with Crippen molar-refractivity contribution in [3.8, 4) is 11.1 Å². The van der Waals surface area contributed by atoms with E-state index in [4.69, 9.17) is 9.84 Å². The van der Waals surface area contributed by atoms with Crippen molar-refractivity contribution in [3.63, 3.8) is 0 Å². The number of benzene rings is 2. The van der Waals surface area contributed by atoms with Gasteiger partial charge in [0.2, 0.25) is 5.91 Å². The Morgan fingerprint density at radius 1 is 1.06 bits per heavy atom. The summed E-state index contributed by atoms with van der Waals surface area (Å²) >= 11 is 0. The zero-order valence-corrected chi connectivity index (χ0v) is 18.0. The van der Waals surface area contributed by atoms with Crippen LogP contribution in [0.1, 0.15) is 43.2 Å². The molecule has 0 fully saturated rings. The van der Waals surface area contributed by atoms with Crippen LogP contribution in [0.2, 0.25) is 0 Å². The number of alkyl carbamates (subject to hydrolysis) is 1. The van der Waals surface area contributed by atoms with E-state index in [1.54, 1.807) is 6.92 Å². The van der Waals surface area contributed by atoms with Crippen molar-refractivity contribution in [2.24, 2.45) is 0 Å². The Hall–Kier alpha value is -3.61. The highest BCUT2D eigenvalue weighted by Gasteiger charge is 2.30. The van der Waals surface area contributed by atoms with Crippen molar-refractivity contribution in [1.29, 1.82) is 0 Å². The number of aliphatic carboxylic acids is 1. The number of amides is 2. The van der Waals surface area contributed by atoms with Crippen LogP contribution in [0.5, 0.6) is 0 Å². The summed E-state index contributed by atoms with van der Waals surface area (Å²) in [6, 6.07) is 14.6. The predicted octanol–water partition coefficient (Wildman–Crippen LogP) is 3.84. The molecule has 3 N–H and O–H groups in total. The Labute approximate surface area is 187 Å². The van der Waals surface area contributed by atoms with Gasteiger partial charge in [0.05, 0.1) is 6.42 Å². The molecule has 7 heteroatoms. The van der Waals surface area contributed by atoms with E-state index in [1.165, 1.54) is 6.08 Å². The molecule has 7 nitrogen and oxygen atoms in total. The first-order chi connectivity index (χ1) is 15.4. The van der Waals surface area contributed by atoms with Crippen molar-refractivity contribution in [3.05, 3.63) is 72.3 Å². The Kier molecular flexibility index (Phi) is 7.65. The second-order valence-corrected chi connectivity index (χ2v) is 7.76. The summed E-state index contributed by atoms with van der Waals surface area (Å²) in [6.45, 7) is 5.56. The number of ether oxygens (including phenoxy) is 1. The first-order valence-corrected chi connectivity index (χ1v) is 10.7. The van der Waals surface area contributed by atoms with Gasteiger partial charge in [0.15, 0.2) is 0 Å². The first-order valence-electron chi connectivity index (χ1n) is 10.7. The molecule has 0 saturated carbocycles. The molecule has 1 aliphatic rings. The van der Waals surface area contributed by atoms with Gasteiger partial charge >= 0.3 is 12.1 Å². The van der Waals surface area contributed by atoms with E-state index in [2.05, 4.69) is 29.3 Å². The number of carbonyl (C=O) groups excluding carboxylic acids is 2. The van der Waals surface area contributed by atoms with Gasteiger partial charge in [-0.2, -0.15) is 0 Å². The van der Waals surface area contributed by atoms with Crippen molar-refractivity contribution in [2.75, 3.05) is 6.61 Å². The molecule has 2 amide bonds. The molecule has 2 aromatic carbocycles. The van der Waals surface area contributed by atoms with Crippen molar-refractivity contribution in [2.45, 2.75) is 44.2 Å². The van der Waals surface area contributed by atoms with Gasteiger partial charge < -0.3 is 20.5 Å². The zero-order chi connectivity index (χ0) is 23.1. The van der Waals surface area contributed by atoms with Crippen LogP contribution in [0.25, 0.3) is 11.1 Å². The second-order valence-electron chi connectivity index (χ2n) is 7.76. The summed E-state index contributed by atoms with van der Waals surface area (Å²) in [4.78, 5) is 36.0. The third-order valence-electron chi connectivity index (χ3n) is 5.61. The van der Waals surface area contributed by atoms with Crippen molar-refractivity contribution < 1.29 is 24.2 Å². The molecule has 0 radical (unpaired) electrons. The fourth-order valence-corrected chi connectivity index (χ4v) is 3.99. The third-order valence-corrected chi connectivity index (χ3v) is 5.61. The summed E-state index contributed by atoms with van der Waals surface area (Å²) in [7, 11) is 0. The number of hydrogen-bond donors (Lipinski definition) is 3. The lowest BCUT2D eigenvalue weighted by molar-refractivity contribution is -0.137. The molecule has 0 saturated heterocycles. The van der Waals surface area contributed by atoms with Crippen LogP contribution in [0.3, 0.4) is 0 Å². The fraction of sp³-hybridized carbons (Fsp3) is 0.320. The maximum atomic E-state index is 12.6. The lowest BCUT2D eigenvalue weighted by Gasteiger charge is -2.21. The summed E-state index contributed by atoms with van der Waals surface area (Å²) in [5.74, 6) is -1.55. The Morgan fingerprint density at radius 2 is 1.66 bits per heavy atom. The number of hydrogen-bond acceptors (Lipinski definition) is 4. The number of rotatable bonds is 10. The number of carbonyl (C=O) groups is 3. The van der Waals surface area contributed by atoms with Gasteiger partial charge in [-0.25, -0.2) is 4.79 Å². The highest BCUT2D eigenvalue weighted by Crippen LogP contribution is 2.44. The van der Waals surface area contributed by atoms with Crippen LogP contribution in [-0.4, -0.2) is 41.8 Å². The summed E-state index contributed by atoms with van der Waals surface area (Å²) in [5, 5.41) is 14.2. The van der Waals surface area contributed by atoms with Gasteiger partial charge in [0.1, 0.15) is 12.6 Å². The molecule has 0 aliphatic heterocycles. The monoisotopic (exact) mass is 436 g/mol. The van der Waals surface area contributed by atoms with E-state index in [0.717, 1.165) is 22.3 Å². The summed E-state index contributed by atoms with van der Waals surface area (Å²) in [5.41, 5.74) is 4.46. The molecule has 0 bridgehead atoms. The van der Waals surface area contributed by atoms with Crippen molar-refractivity contribution in [1.82, 2.24) is 10.6 Å². The Balaban J connectivity index is 1.63. The topological polar surface area (TPSA) is 105 Å². The molecule has 2 aromatic rings. The molecular weight excluding hydrogens is 408 g/mol. The maximum absolute atomic E-state index is 12.6. The van der Waals surface area contributed by atoms with Crippen LogP contribution in [0, 0.1) is 0 Å². The summed E-state index contributed by atoms with van der Waals surface area (Å²) < 4.78 is 5.50. The van der Waals surface area contributed by atoms with E-state index in [-0.39, 0.29) is 25.4 Å². The molecule has 0 spiro atoms. The predicted molar refractivity (Wildman–Crippen MR) is 121 cm³/mol. The normalized spacial score (nSPS) is 13.9. The molecule has 32 heavy (non-hydrogen) atoms. The van der Waals surface area contributed by atoms with Crippen LogP contribution in [0.4, 0.5) is 4.79 Å². The third kappa shape index (κ3) is 5.35. The molecule has 2 unspecified atom stereocenters. The van der Waals surface area contributed by atoms with Crippen LogP contribution in [-0.2, 0) is 14.3 Å². The lowest BCUT2D eigenvalue weighted by atomic mass is 9.98. The van der Waals surface area contributed by atoms with Crippen LogP contribution < -0.4 is 10.6 Å². The molecule has 168 valence electrons. The lowest BCUT2D eigenvalue weighted by Crippen LogP contribution is -2.50. The van der Waals surface area contributed by atoms with E-state index >= 15 is 0 Å². The van der Waals surface area contributed by atoms with Gasteiger partial charge in [0, 0.05) is 12.0 Å². The highest BCUT2D eigenvalue weighted by atomic mass is 16.5. The Bertz CT molecular complexity index is 958. The van der Waals surface area contributed by atoms with Gasteiger partial charge in [-0.1, -0.05) is 61.5 Å². The molecular formula is C25H28N2O5. The number of carboxylic acid groups (broad SMARTS) is 1. The van der Waals surface area contributed by atoms with Crippen molar-refractivity contribution >= 4 is 18.0 Å². The minimum atomic E-state index is -0.998. The summed E-state index contributed by atoms with van der Waals surface area (Å²) in [6.07, 6.45) is 1.28. The standard InChI is InChI=1S/C25H28N2O5/c1-3-9-22(24(30)26-16(4-2)14-23(28)29)27-25(31)32-15-21-19-12-7-5-10-17(19)18-11-6-8-13-20(18)21/h3,5-8,10-13,16,21-22H,1,4,9,14-15H2,2H3,(H,26,30)(H,27,31)(H,28,29). The second kappa shape index (κ2) is 10.6. The van der Waals surface area contributed by atoms with E-state index in [9.17, 15) is 14.4 Å². The molecule has 2 atom stereocenters. The van der Waals surface area contributed by atoms with Gasteiger partial charge in [-0.3, -0.25) is 9.59 Å². The zero-order valence-electron chi connectivity index (χ0n) is 18.0. The molecule has 0 heterocycles. The molecule has 3 rings (SSSR count). The first kappa shape index (κ1) is 23.1. The Morgan fingerprint density at radius 3 is 2.19 bits per heavy atom. The largest absolute Gasteiger partial charge is 0.481 e. The minimum absolute atomic E-state index is 0.0835. The van der Waals surface area contributed by atoms with Crippen LogP contribution >= 0.6 is 0 Å². The average Bonchev–Trinajstić information content (AvgIpc) is 3.10. The number of fused-ring (bicyclic) bond motifs is 3. The number of carboxylic acids is 1. The van der Waals surface area contributed by atoms with Crippen LogP contribution in [0.15, 0.2) is 61.2 Å². The number of nitrogens with one attached hydrogen (secondary N) is 2.